The van der Waals surface area contributed by atoms with E-state index >= 15 is 0 Å². The van der Waals surface area contributed by atoms with Crippen LogP contribution < -0.4 is 0 Å². The van der Waals surface area contributed by atoms with Gasteiger partial charge >= 0.3 is 0 Å². The van der Waals surface area contributed by atoms with Crippen molar-refractivity contribution in [1.82, 2.24) is 0 Å². The standard InChI is InChI=1S/C7H16O5/c8-2-5(3-9)7(12)1-6(11)4-10/h5-12H,1-4H2. The molecule has 0 bridgehead atoms. The molecule has 0 amide bonds. The summed E-state index contributed by atoms with van der Waals surface area (Å²) in [5, 5.41) is 43.8. The van der Waals surface area contributed by atoms with Crippen molar-refractivity contribution in [3.05, 3.63) is 0 Å². The Morgan fingerprint density at radius 3 is 1.67 bits per heavy atom. The van der Waals surface area contributed by atoms with Crippen LogP contribution in [-0.4, -0.2) is 57.6 Å². The predicted octanol–water partition coefficient (Wildman–Crippen LogP) is -2.31. The first-order chi connectivity index (χ1) is 5.65. The van der Waals surface area contributed by atoms with Gasteiger partial charge in [-0.15, -0.1) is 0 Å². The normalized spacial score (nSPS) is 16.5. The molecule has 74 valence electrons. The van der Waals surface area contributed by atoms with Crippen LogP contribution in [0.15, 0.2) is 0 Å². The number of aliphatic hydroxyl groups is 5. The lowest BCUT2D eigenvalue weighted by molar-refractivity contribution is -0.0128. The summed E-state index contributed by atoms with van der Waals surface area (Å²) in [5.74, 6) is -0.647. The predicted molar refractivity (Wildman–Crippen MR) is 41.4 cm³/mol. The lowest BCUT2D eigenvalue weighted by atomic mass is 9.99. The highest BCUT2D eigenvalue weighted by Gasteiger charge is 2.20. The van der Waals surface area contributed by atoms with Gasteiger partial charge in [0.05, 0.1) is 32.0 Å². The minimum Gasteiger partial charge on any atom is -0.396 e. The second-order valence-electron chi connectivity index (χ2n) is 2.76. The zero-order valence-corrected chi connectivity index (χ0v) is 6.80. The molecule has 2 unspecified atom stereocenters. The molecule has 0 fully saturated rings. The fourth-order valence-electron chi connectivity index (χ4n) is 0.847. The third-order valence-corrected chi connectivity index (χ3v) is 1.74. The van der Waals surface area contributed by atoms with Crippen LogP contribution in [0.3, 0.4) is 0 Å². The van der Waals surface area contributed by atoms with Crippen LogP contribution in [0.2, 0.25) is 0 Å². The summed E-state index contributed by atoms with van der Waals surface area (Å²) in [6.45, 7) is -1.10. The molecule has 0 saturated carbocycles. The summed E-state index contributed by atoms with van der Waals surface area (Å²) >= 11 is 0. The van der Waals surface area contributed by atoms with E-state index in [-0.39, 0.29) is 19.6 Å². The van der Waals surface area contributed by atoms with Crippen LogP contribution in [0.5, 0.6) is 0 Å². The molecule has 5 N–H and O–H groups in total. The number of hydrogen-bond acceptors (Lipinski definition) is 5. The lowest BCUT2D eigenvalue weighted by Crippen LogP contribution is -2.31. The molecule has 0 heterocycles. The van der Waals surface area contributed by atoms with Crippen LogP contribution in [0, 0.1) is 5.92 Å². The summed E-state index contributed by atoms with van der Waals surface area (Å²) in [5.41, 5.74) is 0. The lowest BCUT2D eigenvalue weighted by Gasteiger charge is -2.20. The van der Waals surface area contributed by atoms with Crippen molar-refractivity contribution in [3.8, 4) is 0 Å². The molecule has 0 spiro atoms. The Balaban J connectivity index is 3.75. The second-order valence-corrected chi connectivity index (χ2v) is 2.76. The highest BCUT2D eigenvalue weighted by atomic mass is 16.3. The third kappa shape index (κ3) is 3.99. The van der Waals surface area contributed by atoms with Crippen LogP contribution in [0.4, 0.5) is 0 Å². The summed E-state index contributed by atoms with van der Waals surface area (Å²) in [4.78, 5) is 0. The van der Waals surface area contributed by atoms with Gasteiger partial charge in [0.2, 0.25) is 0 Å². The smallest absolute Gasteiger partial charge is 0.0795 e. The van der Waals surface area contributed by atoms with E-state index in [0.717, 1.165) is 0 Å². The number of hydrogen-bond donors (Lipinski definition) is 5. The Hall–Kier alpha value is -0.200. The first kappa shape index (κ1) is 11.8. The summed E-state index contributed by atoms with van der Waals surface area (Å²) in [7, 11) is 0. The molecule has 12 heavy (non-hydrogen) atoms. The van der Waals surface area contributed by atoms with E-state index in [0.29, 0.717) is 0 Å². The van der Waals surface area contributed by atoms with Gasteiger partial charge in [0.15, 0.2) is 0 Å². The third-order valence-electron chi connectivity index (χ3n) is 1.74. The van der Waals surface area contributed by atoms with Crippen molar-refractivity contribution in [1.29, 1.82) is 0 Å². The molecule has 0 aliphatic heterocycles. The first-order valence-corrected chi connectivity index (χ1v) is 3.84. The summed E-state index contributed by atoms with van der Waals surface area (Å²) in [6, 6.07) is 0. The molecule has 2 atom stereocenters. The van der Waals surface area contributed by atoms with Gasteiger partial charge in [-0.25, -0.2) is 0 Å². The molecule has 0 aromatic carbocycles. The number of rotatable bonds is 6. The minimum atomic E-state index is -0.999. The van der Waals surface area contributed by atoms with Crippen LogP contribution in [-0.2, 0) is 0 Å². The maximum atomic E-state index is 9.22. The SMILES string of the molecule is OCC(O)CC(O)C(CO)CO. The van der Waals surface area contributed by atoms with Crippen molar-refractivity contribution in [3.63, 3.8) is 0 Å². The van der Waals surface area contributed by atoms with Crippen molar-refractivity contribution in [2.75, 3.05) is 19.8 Å². The number of aliphatic hydroxyl groups excluding tert-OH is 5. The largest absolute Gasteiger partial charge is 0.396 e. The zero-order valence-electron chi connectivity index (χ0n) is 6.80. The maximum absolute atomic E-state index is 9.22. The molecule has 0 aliphatic carbocycles. The minimum absolute atomic E-state index is 0.0394. The quantitative estimate of drug-likeness (QED) is 0.316. The molecule has 0 aromatic heterocycles. The maximum Gasteiger partial charge on any atom is 0.0795 e. The summed E-state index contributed by atoms with van der Waals surface area (Å²) < 4.78 is 0. The molecule has 0 saturated heterocycles. The Bertz CT molecular complexity index is 104. The topological polar surface area (TPSA) is 101 Å². The molecule has 5 nitrogen and oxygen atoms in total. The highest BCUT2D eigenvalue weighted by Crippen LogP contribution is 2.08. The Kier molecular flexibility index (Phi) is 6.23. The van der Waals surface area contributed by atoms with Crippen molar-refractivity contribution < 1.29 is 25.5 Å². The highest BCUT2D eigenvalue weighted by molar-refractivity contribution is 4.70. The van der Waals surface area contributed by atoms with E-state index in [1.807, 2.05) is 0 Å². The van der Waals surface area contributed by atoms with Crippen LogP contribution >= 0.6 is 0 Å². The summed E-state index contributed by atoms with van der Waals surface area (Å²) in [6.07, 6.45) is -2.02. The Morgan fingerprint density at radius 2 is 1.33 bits per heavy atom. The Morgan fingerprint density at radius 1 is 0.833 bits per heavy atom. The zero-order chi connectivity index (χ0) is 9.56. The van der Waals surface area contributed by atoms with Gasteiger partial charge in [0.25, 0.3) is 0 Å². The van der Waals surface area contributed by atoms with Gasteiger partial charge in [-0.05, 0) is 0 Å². The van der Waals surface area contributed by atoms with Gasteiger partial charge in [-0.3, -0.25) is 0 Å². The van der Waals surface area contributed by atoms with Crippen LogP contribution in [0.1, 0.15) is 6.42 Å². The van der Waals surface area contributed by atoms with Crippen molar-refractivity contribution in [2.24, 2.45) is 5.92 Å². The molecular formula is C7H16O5. The van der Waals surface area contributed by atoms with E-state index in [1.54, 1.807) is 0 Å². The van der Waals surface area contributed by atoms with E-state index < -0.39 is 24.7 Å². The van der Waals surface area contributed by atoms with Gasteiger partial charge in [0.1, 0.15) is 0 Å². The fourth-order valence-corrected chi connectivity index (χ4v) is 0.847. The van der Waals surface area contributed by atoms with E-state index in [1.165, 1.54) is 0 Å². The molecule has 0 aliphatic rings. The van der Waals surface area contributed by atoms with Gasteiger partial charge < -0.3 is 25.5 Å². The van der Waals surface area contributed by atoms with Gasteiger partial charge in [-0.1, -0.05) is 0 Å². The Labute approximate surface area is 70.9 Å². The molecule has 0 aromatic rings. The fraction of sp³-hybridized carbons (Fsp3) is 1.00. The van der Waals surface area contributed by atoms with Crippen molar-refractivity contribution in [2.45, 2.75) is 18.6 Å². The van der Waals surface area contributed by atoms with E-state index in [2.05, 4.69) is 0 Å². The monoisotopic (exact) mass is 180 g/mol. The molecular weight excluding hydrogens is 164 g/mol. The molecule has 5 heteroatoms. The average Bonchev–Trinajstić information content (AvgIpc) is 2.06. The average molecular weight is 180 g/mol. The van der Waals surface area contributed by atoms with Crippen molar-refractivity contribution >= 4 is 0 Å². The second kappa shape index (κ2) is 6.33. The van der Waals surface area contributed by atoms with Gasteiger partial charge in [-0.2, -0.15) is 0 Å². The van der Waals surface area contributed by atoms with E-state index in [9.17, 15) is 5.11 Å². The first-order valence-electron chi connectivity index (χ1n) is 3.84. The van der Waals surface area contributed by atoms with Crippen LogP contribution in [0.25, 0.3) is 0 Å². The molecule has 0 radical (unpaired) electrons. The van der Waals surface area contributed by atoms with Gasteiger partial charge in [0, 0.05) is 12.3 Å². The van der Waals surface area contributed by atoms with E-state index in [4.69, 9.17) is 20.4 Å². The molecule has 0 rings (SSSR count).